The average Bonchev–Trinajstić information content (AvgIpc) is 2.68. The molecule has 2 amide bonds. The van der Waals surface area contributed by atoms with Crippen molar-refractivity contribution in [1.29, 1.82) is 0 Å². The zero-order valence-electron chi connectivity index (χ0n) is 10.9. The molecule has 8 heteroatoms. The zero-order valence-corrected chi connectivity index (χ0v) is 11.7. The molecule has 0 radical (unpaired) electrons. The molecule has 1 saturated carbocycles. The van der Waals surface area contributed by atoms with Crippen molar-refractivity contribution in [1.82, 2.24) is 10.6 Å². The van der Waals surface area contributed by atoms with Gasteiger partial charge in [0, 0.05) is 11.4 Å². The summed E-state index contributed by atoms with van der Waals surface area (Å²) in [6.45, 7) is 0. The molecule has 0 aromatic carbocycles. The van der Waals surface area contributed by atoms with Crippen molar-refractivity contribution in [2.75, 3.05) is 5.75 Å². The normalized spacial score (nSPS) is 31.7. The second-order valence-electron chi connectivity index (χ2n) is 5.28. The molecule has 1 heterocycles. The molecule has 1 aliphatic carbocycles. The van der Waals surface area contributed by atoms with E-state index < -0.39 is 33.8 Å². The first-order valence-corrected chi connectivity index (χ1v) is 8.28. The third-order valence-corrected chi connectivity index (χ3v) is 5.00. The van der Waals surface area contributed by atoms with E-state index in [0.29, 0.717) is 12.8 Å². The molecule has 3 N–H and O–H groups in total. The summed E-state index contributed by atoms with van der Waals surface area (Å²) >= 11 is 0. The van der Waals surface area contributed by atoms with E-state index in [-0.39, 0.29) is 11.8 Å². The third kappa shape index (κ3) is 3.96. The molecule has 20 heavy (non-hydrogen) atoms. The van der Waals surface area contributed by atoms with Crippen LogP contribution in [0.4, 0.5) is 4.79 Å². The van der Waals surface area contributed by atoms with E-state index in [9.17, 15) is 18.0 Å². The van der Waals surface area contributed by atoms with Gasteiger partial charge in [0.1, 0.15) is 0 Å². The summed E-state index contributed by atoms with van der Waals surface area (Å²) in [6.07, 6.45) is 4.01. The highest BCUT2D eigenvalue weighted by molar-refractivity contribution is 7.94. The maximum atomic E-state index is 11.8. The van der Waals surface area contributed by atoms with Crippen molar-refractivity contribution in [3.05, 3.63) is 11.5 Å². The maximum Gasteiger partial charge on any atom is 0.315 e. The van der Waals surface area contributed by atoms with Gasteiger partial charge in [-0.3, -0.25) is 4.79 Å². The van der Waals surface area contributed by atoms with Crippen LogP contribution in [0, 0.1) is 5.92 Å². The molecule has 0 saturated heterocycles. The van der Waals surface area contributed by atoms with Gasteiger partial charge in [0.2, 0.25) is 0 Å². The highest BCUT2D eigenvalue weighted by Crippen LogP contribution is 2.24. The van der Waals surface area contributed by atoms with E-state index in [1.54, 1.807) is 0 Å². The SMILES string of the molecule is O=C(NC1C=CS(=O)(=O)C1)NC1CCCC(C(=O)O)C1. The van der Waals surface area contributed by atoms with Gasteiger partial charge in [0.25, 0.3) is 0 Å². The Balaban J connectivity index is 1.80. The lowest BCUT2D eigenvalue weighted by atomic mass is 9.86. The number of carbonyl (C=O) groups is 2. The molecule has 0 aromatic heterocycles. The van der Waals surface area contributed by atoms with E-state index in [2.05, 4.69) is 10.6 Å². The van der Waals surface area contributed by atoms with Gasteiger partial charge in [-0.2, -0.15) is 0 Å². The monoisotopic (exact) mass is 302 g/mol. The lowest BCUT2D eigenvalue weighted by Gasteiger charge is -2.27. The van der Waals surface area contributed by atoms with E-state index in [4.69, 9.17) is 5.11 Å². The summed E-state index contributed by atoms with van der Waals surface area (Å²) in [6, 6.07) is -1.14. The molecule has 0 bridgehead atoms. The van der Waals surface area contributed by atoms with Crippen LogP contribution in [0.15, 0.2) is 11.5 Å². The number of hydrogen-bond acceptors (Lipinski definition) is 4. The number of carboxylic acid groups (broad SMARTS) is 1. The number of rotatable bonds is 3. The van der Waals surface area contributed by atoms with E-state index in [1.165, 1.54) is 6.08 Å². The summed E-state index contributed by atoms with van der Waals surface area (Å²) in [5.74, 6) is -1.37. The number of sulfone groups is 1. The molecule has 1 fully saturated rings. The van der Waals surface area contributed by atoms with Gasteiger partial charge in [-0.1, -0.05) is 6.42 Å². The van der Waals surface area contributed by atoms with Crippen molar-refractivity contribution >= 4 is 21.8 Å². The number of amides is 2. The van der Waals surface area contributed by atoms with Crippen LogP contribution in [0.3, 0.4) is 0 Å². The third-order valence-electron chi connectivity index (χ3n) is 3.61. The second-order valence-corrected chi connectivity index (χ2v) is 7.21. The van der Waals surface area contributed by atoms with Crippen LogP contribution in [0.5, 0.6) is 0 Å². The van der Waals surface area contributed by atoms with Crippen molar-refractivity contribution in [2.45, 2.75) is 37.8 Å². The number of hydrogen-bond donors (Lipinski definition) is 3. The van der Waals surface area contributed by atoms with Gasteiger partial charge in [-0.05, 0) is 25.3 Å². The highest BCUT2D eigenvalue weighted by atomic mass is 32.2. The minimum absolute atomic E-state index is 0.122. The first-order valence-electron chi connectivity index (χ1n) is 6.56. The van der Waals surface area contributed by atoms with Gasteiger partial charge in [0.15, 0.2) is 9.84 Å². The number of carboxylic acids is 1. The largest absolute Gasteiger partial charge is 0.481 e. The van der Waals surface area contributed by atoms with Crippen LogP contribution in [0.25, 0.3) is 0 Å². The Hall–Kier alpha value is -1.57. The predicted molar refractivity (Wildman–Crippen MR) is 71.8 cm³/mol. The Morgan fingerprint density at radius 1 is 1.20 bits per heavy atom. The molecule has 2 rings (SSSR count). The second kappa shape index (κ2) is 5.82. The average molecular weight is 302 g/mol. The summed E-state index contributed by atoms with van der Waals surface area (Å²) in [5.41, 5.74) is 0. The van der Waals surface area contributed by atoms with Crippen molar-refractivity contribution in [3.63, 3.8) is 0 Å². The van der Waals surface area contributed by atoms with Gasteiger partial charge in [-0.15, -0.1) is 0 Å². The summed E-state index contributed by atoms with van der Waals surface area (Å²) < 4.78 is 22.4. The Bertz CT molecular complexity index is 528. The minimum atomic E-state index is -3.19. The number of nitrogens with one attached hydrogen (secondary N) is 2. The van der Waals surface area contributed by atoms with Crippen molar-refractivity contribution in [2.24, 2.45) is 5.92 Å². The standard InChI is InChI=1S/C12H18N2O5S/c15-11(16)8-2-1-3-9(6-8)13-12(17)14-10-4-5-20(18,19)7-10/h4-5,8-10H,1-3,6-7H2,(H,15,16)(H2,13,14,17). The lowest BCUT2D eigenvalue weighted by molar-refractivity contribution is -0.143. The van der Waals surface area contributed by atoms with E-state index >= 15 is 0 Å². The zero-order chi connectivity index (χ0) is 14.8. The van der Waals surface area contributed by atoms with Crippen LogP contribution in [0.2, 0.25) is 0 Å². The molecule has 0 spiro atoms. The molecular weight excluding hydrogens is 284 g/mol. The van der Waals surface area contributed by atoms with Crippen molar-refractivity contribution in [3.8, 4) is 0 Å². The van der Waals surface area contributed by atoms with Gasteiger partial charge in [0.05, 0.1) is 17.7 Å². The quantitative estimate of drug-likeness (QED) is 0.691. The van der Waals surface area contributed by atoms with Crippen LogP contribution in [-0.2, 0) is 14.6 Å². The Labute approximate surface area is 117 Å². The molecule has 3 unspecified atom stereocenters. The highest BCUT2D eigenvalue weighted by Gasteiger charge is 2.29. The summed E-state index contributed by atoms with van der Waals surface area (Å²) in [7, 11) is -3.19. The predicted octanol–water partition coefficient (Wildman–Crippen LogP) is 0.240. The molecule has 3 atom stereocenters. The molecule has 1 aliphatic heterocycles. The number of urea groups is 1. The molecule has 112 valence electrons. The number of carbonyl (C=O) groups excluding carboxylic acids is 1. The molecular formula is C12H18N2O5S. The summed E-state index contributed by atoms with van der Waals surface area (Å²) in [4.78, 5) is 22.7. The first kappa shape index (κ1) is 14.8. The number of aliphatic carboxylic acids is 1. The molecule has 2 aliphatic rings. The Morgan fingerprint density at radius 2 is 1.95 bits per heavy atom. The fraction of sp³-hybridized carbons (Fsp3) is 0.667. The maximum absolute atomic E-state index is 11.8. The van der Waals surface area contributed by atoms with Gasteiger partial charge in [-0.25, -0.2) is 13.2 Å². The molecule has 0 aromatic rings. The summed E-state index contributed by atoms with van der Waals surface area (Å²) in [5, 5.41) is 15.3. The minimum Gasteiger partial charge on any atom is -0.481 e. The van der Waals surface area contributed by atoms with E-state index in [1.807, 2.05) is 0 Å². The van der Waals surface area contributed by atoms with Crippen LogP contribution in [0.1, 0.15) is 25.7 Å². The fourth-order valence-electron chi connectivity index (χ4n) is 2.61. The topological polar surface area (TPSA) is 113 Å². The van der Waals surface area contributed by atoms with Crippen LogP contribution in [-0.4, -0.2) is 43.4 Å². The Morgan fingerprint density at radius 3 is 2.55 bits per heavy atom. The van der Waals surface area contributed by atoms with E-state index in [0.717, 1.165) is 18.2 Å². The van der Waals surface area contributed by atoms with Crippen LogP contribution < -0.4 is 10.6 Å². The molecule has 7 nitrogen and oxygen atoms in total. The van der Waals surface area contributed by atoms with Gasteiger partial charge >= 0.3 is 12.0 Å². The van der Waals surface area contributed by atoms with Crippen molar-refractivity contribution < 1.29 is 23.1 Å². The Kier molecular flexibility index (Phi) is 4.32. The lowest BCUT2D eigenvalue weighted by Crippen LogP contribution is -2.48. The smallest absolute Gasteiger partial charge is 0.315 e. The fourth-order valence-corrected chi connectivity index (χ4v) is 3.84. The van der Waals surface area contributed by atoms with Crippen LogP contribution >= 0.6 is 0 Å². The van der Waals surface area contributed by atoms with Gasteiger partial charge < -0.3 is 15.7 Å². The first-order chi connectivity index (χ1) is 9.35.